The molecule has 7 nitrogen and oxygen atoms in total. The molecular weight excluding hydrogens is 380 g/mol. The highest BCUT2D eigenvalue weighted by Gasteiger charge is 2.26. The number of piperidine rings is 2. The summed E-state index contributed by atoms with van der Waals surface area (Å²) >= 11 is 0. The average Bonchev–Trinajstić information content (AvgIpc) is 2.80. The number of benzene rings is 1. The van der Waals surface area contributed by atoms with Crippen LogP contribution in [0.1, 0.15) is 48.9 Å². The van der Waals surface area contributed by atoms with Gasteiger partial charge in [-0.15, -0.1) is 0 Å². The van der Waals surface area contributed by atoms with Gasteiger partial charge in [0, 0.05) is 63.5 Å². The highest BCUT2D eigenvalue weighted by molar-refractivity contribution is 5.97. The number of rotatable bonds is 4. The zero-order chi connectivity index (χ0) is 20.9. The number of amides is 3. The van der Waals surface area contributed by atoms with Gasteiger partial charge in [0.15, 0.2) is 0 Å². The Hall–Kier alpha value is -2.41. The van der Waals surface area contributed by atoms with Gasteiger partial charge in [0.1, 0.15) is 0 Å². The highest BCUT2D eigenvalue weighted by atomic mass is 16.2. The predicted molar refractivity (Wildman–Crippen MR) is 115 cm³/mol. The summed E-state index contributed by atoms with van der Waals surface area (Å²) < 4.78 is 0. The maximum atomic E-state index is 12.9. The molecule has 1 aromatic rings. The molecule has 0 spiro atoms. The van der Waals surface area contributed by atoms with Crippen molar-refractivity contribution in [1.29, 1.82) is 0 Å². The molecule has 3 saturated heterocycles. The van der Waals surface area contributed by atoms with Crippen molar-refractivity contribution in [3.8, 4) is 0 Å². The largest absolute Gasteiger partial charge is 0.342 e. The number of piperazine rings is 1. The predicted octanol–water partition coefficient (Wildman–Crippen LogP) is 1.97. The molecule has 1 aromatic carbocycles. The van der Waals surface area contributed by atoms with Crippen molar-refractivity contribution < 1.29 is 14.4 Å². The Kier molecular flexibility index (Phi) is 6.67. The van der Waals surface area contributed by atoms with E-state index in [-0.39, 0.29) is 17.7 Å². The van der Waals surface area contributed by atoms with Gasteiger partial charge >= 0.3 is 0 Å². The number of hydrogen-bond acceptors (Lipinski definition) is 4. The molecule has 0 bridgehead atoms. The smallest absolute Gasteiger partial charge is 0.253 e. The van der Waals surface area contributed by atoms with Crippen molar-refractivity contribution in [1.82, 2.24) is 14.7 Å². The second-order valence-electron chi connectivity index (χ2n) is 8.56. The molecule has 30 heavy (non-hydrogen) atoms. The number of carbonyl (C=O) groups excluding carboxylic acids is 3. The first-order valence-electron chi connectivity index (χ1n) is 11.3. The van der Waals surface area contributed by atoms with Crippen molar-refractivity contribution in [3.63, 3.8) is 0 Å². The first-order valence-corrected chi connectivity index (χ1v) is 11.3. The second kappa shape index (κ2) is 9.60. The molecule has 3 heterocycles. The molecule has 3 aliphatic rings. The van der Waals surface area contributed by atoms with Gasteiger partial charge in [-0.05, 0) is 56.4 Å². The fourth-order valence-corrected chi connectivity index (χ4v) is 4.59. The van der Waals surface area contributed by atoms with Gasteiger partial charge in [-0.2, -0.15) is 0 Å². The van der Waals surface area contributed by atoms with Crippen LogP contribution < -0.4 is 4.90 Å². The van der Waals surface area contributed by atoms with Crippen molar-refractivity contribution in [2.75, 3.05) is 57.3 Å². The summed E-state index contributed by atoms with van der Waals surface area (Å²) in [5.41, 5.74) is 1.53. The van der Waals surface area contributed by atoms with Crippen LogP contribution in [0.3, 0.4) is 0 Å². The van der Waals surface area contributed by atoms with Crippen LogP contribution in [-0.2, 0) is 9.59 Å². The summed E-state index contributed by atoms with van der Waals surface area (Å²) in [6.45, 7) is 5.71. The zero-order valence-electron chi connectivity index (χ0n) is 17.7. The number of carbonyl (C=O) groups is 3. The van der Waals surface area contributed by atoms with Crippen molar-refractivity contribution in [2.45, 2.75) is 38.5 Å². The van der Waals surface area contributed by atoms with Crippen LogP contribution >= 0.6 is 0 Å². The molecule has 4 rings (SSSR count). The van der Waals surface area contributed by atoms with Gasteiger partial charge in [-0.25, -0.2) is 0 Å². The summed E-state index contributed by atoms with van der Waals surface area (Å²) in [5.74, 6) is 0.404. The monoisotopic (exact) mass is 412 g/mol. The van der Waals surface area contributed by atoms with E-state index >= 15 is 0 Å². The molecule has 162 valence electrons. The number of hydrogen-bond donors (Lipinski definition) is 0. The molecule has 0 aromatic heterocycles. The second-order valence-corrected chi connectivity index (χ2v) is 8.56. The molecular formula is C23H32N4O3. The minimum atomic E-state index is 0.0218. The Balaban J connectivity index is 1.27. The van der Waals surface area contributed by atoms with E-state index in [0.29, 0.717) is 31.6 Å². The maximum absolute atomic E-state index is 12.9. The third kappa shape index (κ3) is 4.83. The standard InChI is InChI=1S/C23H32N4O3/c28-21-6-2-5-13-27(21)20-9-7-19(8-10-20)23(30)26-16-14-24(15-17-26)18-22(29)25-11-3-1-4-12-25/h7-10H,1-6,11-18H2. The third-order valence-electron chi connectivity index (χ3n) is 6.48. The Morgan fingerprint density at radius 3 is 2.07 bits per heavy atom. The Morgan fingerprint density at radius 1 is 0.733 bits per heavy atom. The van der Waals surface area contributed by atoms with E-state index in [4.69, 9.17) is 0 Å². The lowest BCUT2D eigenvalue weighted by molar-refractivity contribution is -0.133. The van der Waals surface area contributed by atoms with E-state index in [9.17, 15) is 14.4 Å². The molecule has 3 aliphatic heterocycles. The zero-order valence-corrected chi connectivity index (χ0v) is 17.7. The van der Waals surface area contributed by atoms with E-state index in [0.717, 1.165) is 64.1 Å². The molecule has 0 unspecified atom stereocenters. The van der Waals surface area contributed by atoms with Gasteiger partial charge < -0.3 is 14.7 Å². The molecule has 0 atom stereocenters. The van der Waals surface area contributed by atoms with Gasteiger partial charge in [-0.1, -0.05) is 0 Å². The van der Waals surface area contributed by atoms with Crippen LogP contribution in [0.4, 0.5) is 5.69 Å². The Labute approximate surface area is 178 Å². The fourth-order valence-electron chi connectivity index (χ4n) is 4.59. The fraction of sp³-hybridized carbons (Fsp3) is 0.609. The SMILES string of the molecule is O=C(CN1CCN(C(=O)c2ccc(N3CCCCC3=O)cc2)CC1)N1CCCCC1. The van der Waals surface area contributed by atoms with E-state index in [1.807, 2.05) is 39.0 Å². The number of nitrogens with zero attached hydrogens (tertiary/aromatic N) is 4. The molecule has 0 N–H and O–H groups in total. The first-order chi connectivity index (χ1) is 14.6. The van der Waals surface area contributed by atoms with Crippen LogP contribution in [-0.4, -0.2) is 84.8 Å². The van der Waals surface area contributed by atoms with Crippen LogP contribution in [0.2, 0.25) is 0 Å². The van der Waals surface area contributed by atoms with Crippen LogP contribution in [0.15, 0.2) is 24.3 Å². The quantitative estimate of drug-likeness (QED) is 0.759. The van der Waals surface area contributed by atoms with E-state index in [1.165, 1.54) is 6.42 Å². The van der Waals surface area contributed by atoms with Crippen molar-refractivity contribution in [2.24, 2.45) is 0 Å². The van der Waals surface area contributed by atoms with Crippen LogP contribution in [0, 0.1) is 0 Å². The molecule has 3 amide bonds. The molecule has 3 fully saturated rings. The van der Waals surface area contributed by atoms with Gasteiger partial charge in [-0.3, -0.25) is 19.3 Å². The average molecular weight is 413 g/mol. The maximum Gasteiger partial charge on any atom is 0.253 e. The number of anilines is 1. The van der Waals surface area contributed by atoms with E-state index in [2.05, 4.69) is 4.90 Å². The minimum Gasteiger partial charge on any atom is -0.342 e. The lowest BCUT2D eigenvalue weighted by Crippen LogP contribution is -2.52. The lowest BCUT2D eigenvalue weighted by atomic mass is 10.1. The van der Waals surface area contributed by atoms with Gasteiger partial charge in [0.05, 0.1) is 6.54 Å². The Bertz CT molecular complexity index is 765. The van der Waals surface area contributed by atoms with Crippen LogP contribution in [0.25, 0.3) is 0 Å². The van der Waals surface area contributed by atoms with Gasteiger partial charge in [0.25, 0.3) is 5.91 Å². The van der Waals surface area contributed by atoms with Crippen LogP contribution in [0.5, 0.6) is 0 Å². The summed E-state index contributed by atoms with van der Waals surface area (Å²) in [7, 11) is 0. The third-order valence-corrected chi connectivity index (χ3v) is 6.48. The molecule has 0 radical (unpaired) electrons. The number of likely N-dealkylation sites (tertiary alicyclic amines) is 1. The van der Waals surface area contributed by atoms with E-state index in [1.54, 1.807) is 0 Å². The van der Waals surface area contributed by atoms with Crippen molar-refractivity contribution in [3.05, 3.63) is 29.8 Å². The topological polar surface area (TPSA) is 64.2 Å². The van der Waals surface area contributed by atoms with Gasteiger partial charge in [0.2, 0.25) is 11.8 Å². The summed E-state index contributed by atoms with van der Waals surface area (Å²) in [6, 6.07) is 7.41. The Morgan fingerprint density at radius 2 is 1.40 bits per heavy atom. The normalized spacial score (nSPS) is 21.1. The first kappa shape index (κ1) is 20.8. The van der Waals surface area contributed by atoms with E-state index < -0.39 is 0 Å². The summed E-state index contributed by atoms with van der Waals surface area (Å²) in [4.78, 5) is 45.3. The minimum absolute atomic E-state index is 0.0218. The summed E-state index contributed by atoms with van der Waals surface area (Å²) in [5, 5.41) is 0. The van der Waals surface area contributed by atoms with Crippen molar-refractivity contribution >= 4 is 23.4 Å². The molecule has 0 saturated carbocycles. The highest BCUT2D eigenvalue weighted by Crippen LogP contribution is 2.22. The lowest BCUT2D eigenvalue weighted by Gasteiger charge is -2.36. The summed E-state index contributed by atoms with van der Waals surface area (Å²) in [6.07, 6.45) is 6.03. The molecule has 7 heteroatoms. The molecule has 0 aliphatic carbocycles.